The SMILES string of the molecule is CCCCC(CC)CNC1c2ccccc2OCC1C. The zero-order valence-electron chi connectivity index (χ0n) is 13.2. The van der Waals surface area contributed by atoms with E-state index in [1.807, 2.05) is 0 Å². The Kier molecular flexibility index (Phi) is 5.90. The Morgan fingerprint density at radius 3 is 2.85 bits per heavy atom. The molecule has 0 amide bonds. The molecule has 0 spiro atoms. The first-order valence-corrected chi connectivity index (χ1v) is 8.21. The van der Waals surface area contributed by atoms with Gasteiger partial charge in [0.2, 0.25) is 0 Å². The fourth-order valence-corrected chi connectivity index (χ4v) is 3.04. The third-order valence-corrected chi connectivity index (χ3v) is 4.49. The molecule has 0 saturated carbocycles. The van der Waals surface area contributed by atoms with Gasteiger partial charge in [-0.05, 0) is 24.9 Å². The van der Waals surface area contributed by atoms with Crippen LogP contribution in [-0.4, -0.2) is 13.2 Å². The predicted molar refractivity (Wildman–Crippen MR) is 85.2 cm³/mol. The van der Waals surface area contributed by atoms with E-state index >= 15 is 0 Å². The fourth-order valence-electron chi connectivity index (χ4n) is 3.04. The molecule has 0 aromatic heterocycles. The molecule has 1 aromatic rings. The minimum absolute atomic E-state index is 0.440. The molecule has 0 bridgehead atoms. The predicted octanol–water partition coefficient (Wildman–Crippen LogP) is 4.56. The number of fused-ring (bicyclic) bond motifs is 1. The number of para-hydroxylation sites is 1. The van der Waals surface area contributed by atoms with E-state index in [9.17, 15) is 0 Å². The van der Waals surface area contributed by atoms with Gasteiger partial charge >= 0.3 is 0 Å². The Hall–Kier alpha value is -1.02. The third-order valence-electron chi connectivity index (χ3n) is 4.49. The van der Waals surface area contributed by atoms with E-state index in [1.54, 1.807) is 0 Å². The summed E-state index contributed by atoms with van der Waals surface area (Å²) in [4.78, 5) is 0. The summed E-state index contributed by atoms with van der Waals surface area (Å²) in [5.74, 6) is 2.40. The zero-order chi connectivity index (χ0) is 14.4. The van der Waals surface area contributed by atoms with E-state index in [0.717, 1.165) is 24.8 Å². The van der Waals surface area contributed by atoms with Gasteiger partial charge in [-0.25, -0.2) is 0 Å². The van der Waals surface area contributed by atoms with Gasteiger partial charge in [-0.15, -0.1) is 0 Å². The van der Waals surface area contributed by atoms with Crippen LogP contribution in [0.15, 0.2) is 24.3 Å². The molecule has 1 aliphatic rings. The molecule has 2 nitrogen and oxygen atoms in total. The molecule has 3 atom stereocenters. The maximum atomic E-state index is 5.82. The molecular formula is C18H29NO. The lowest BCUT2D eigenvalue weighted by Crippen LogP contribution is -2.36. The van der Waals surface area contributed by atoms with Crippen molar-refractivity contribution in [2.24, 2.45) is 11.8 Å². The number of hydrogen-bond donors (Lipinski definition) is 1. The summed E-state index contributed by atoms with van der Waals surface area (Å²) in [6.45, 7) is 8.81. The van der Waals surface area contributed by atoms with Crippen molar-refractivity contribution in [2.75, 3.05) is 13.2 Å². The van der Waals surface area contributed by atoms with E-state index in [2.05, 4.69) is 50.4 Å². The van der Waals surface area contributed by atoms with Gasteiger partial charge in [-0.2, -0.15) is 0 Å². The van der Waals surface area contributed by atoms with E-state index in [0.29, 0.717) is 12.0 Å². The Labute approximate surface area is 123 Å². The first kappa shape index (κ1) is 15.4. The Balaban J connectivity index is 1.97. The second kappa shape index (κ2) is 7.68. The van der Waals surface area contributed by atoms with Crippen molar-refractivity contribution in [3.8, 4) is 5.75 Å². The summed E-state index contributed by atoms with van der Waals surface area (Å²) >= 11 is 0. The summed E-state index contributed by atoms with van der Waals surface area (Å²) < 4.78 is 5.82. The minimum atomic E-state index is 0.440. The van der Waals surface area contributed by atoms with E-state index < -0.39 is 0 Å². The van der Waals surface area contributed by atoms with Crippen molar-refractivity contribution in [3.05, 3.63) is 29.8 Å². The van der Waals surface area contributed by atoms with Crippen molar-refractivity contribution in [3.63, 3.8) is 0 Å². The number of benzene rings is 1. The Morgan fingerprint density at radius 1 is 1.30 bits per heavy atom. The molecule has 1 aliphatic heterocycles. The van der Waals surface area contributed by atoms with Crippen LogP contribution in [0.5, 0.6) is 5.75 Å². The van der Waals surface area contributed by atoms with Gasteiger partial charge in [0, 0.05) is 17.5 Å². The van der Waals surface area contributed by atoms with Crippen LogP contribution < -0.4 is 10.1 Å². The molecule has 2 heteroatoms. The van der Waals surface area contributed by atoms with Gasteiger partial charge in [-0.1, -0.05) is 58.2 Å². The highest BCUT2D eigenvalue weighted by Crippen LogP contribution is 2.35. The molecule has 112 valence electrons. The maximum Gasteiger partial charge on any atom is 0.124 e. The molecule has 20 heavy (non-hydrogen) atoms. The minimum Gasteiger partial charge on any atom is -0.493 e. The fraction of sp³-hybridized carbons (Fsp3) is 0.667. The first-order valence-electron chi connectivity index (χ1n) is 8.21. The van der Waals surface area contributed by atoms with Crippen LogP contribution in [0.4, 0.5) is 0 Å². The van der Waals surface area contributed by atoms with E-state index in [1.165, 1.54) is 31.2 Å². The zero-order valence-corrected chi connectivity index (χ0v) is 13.2. The summed E-state index contributed by atoms with van der Waals surface area (Å²) in [6.07, 6.45) is 5.26. The summed E-state index contributed by atoms with van der Waals surface area (Å²) in [5, 5.41) is 3.81. The molecule has 0 saturated heterocycles. The van der Waals surface area contributed by atoms with Crippen molar-refractivity contribution >= 4 is 0 Å². The molecule has 0 radical (unpaired) electrons. The Bertz CT molecular complexity index is 404. The summed E-state index contributed by atoms with van der Waals surface area (Å²) in [6, 6.07) is 8.90. The van der Waals surface area contributed by atoms with Crippen LogP contribution in [-0.2, 0) is 0 Å². The smallest absolute Gasteiger partial charge is 0.124 e. The molecule has 1 N–H and O–H groups in total. The molecule has 3 unspecified atom stereocenters. The van der Waals surface area contributed by atoms with Gasteiger partial charge < -0.3 is 10.1 Å². The van der Waals surface area contributed by atoms with Crippen molar-refractivity contribution < 1.29 is 4.74 Å². The first-order chi connectivity index (χ1) is 9.76. The average molecular weight is 275 g/mol. The lowest BCUT2D eigenvalue weighted by molar-refractivity contribution is 0.184. The Morgan fingerprint density at radius 2 is 2.10 bits per heavy atom. The molecule has 1 heterocycles. The second-order valence-electron chi connectivity index (χ2n) is 6.13. The van der Waals surface area contributed by atoms with Crippen molar-refractivity contribution in [1.29, 1.82) is 0 Å². The van der Waals surface area contributed by atoms with Gasteiger partial charge in [0.15, 0.2) is 0 Å². The van der Waals surface area contributed by atoms with Gasteiger partial charge in [0.1, 0.15) is 5.75 Å². The standard InChI is InChI=1S/C18H29NO/c1-4-6-9-15(5-2)12-19-18-14(3)13-20-17-11-8-7-10-16(17)18/h7-8,10-11,14-15,18-19H,4-6,9,12-13H2,1-3H3. The molecule has 0 fully saturated rings. The van der Waals surface area contributed by atoms with Crippen LogP contribution in [0, 0.1) is 11.8 Å². The second-order valence-corrected chi connectivity index (χ2v) is 6.13. The van der Waals surface area contributed by atoms with Crippen molar-refractivity contribution in [1.82, 2.24) is 5.32 Å². The lowest BCUT2D eigenvalue weighted by Gasteiger charge is -2.33. The van der Waals surface area contributed by atoms with Gasteiger partial charge in [0.25, 0.3) is 0 Å². The molecule has 2 rings (SSSR count). The summed E-state index contributed by atoms with van der Waals surface area (Å²) in [7, 11) is 0. The quantitative estimate of drug-likeness (QED) is 0.787. The normalized spacial score (nSPS) is 22.9. The molecule has 1 aromatic carbocycles. The van der Waals surface area contributed by atoms with Crippen LogP contribution >= 0.6 is 0 Å². The number of hydrogen-bond acceptors (Lipinski definition) is 2. The van der Waals surface area contributed by atoms with Crippen LogP contribution in [0.2, 0.25) is 0 Å². The van der Waals surface area contributed by atoms with E-state index in [4.69, 9.17) is 4.74 Å². The number of ether oxygens (including phenoxy) is 1. The highest BCUT2D eigenvalue weighted by molar-refractivity contribution is 5.37. The van der Waals surface area contributed by atoms with Crippen LogP contribution in [0.25, 0.3) is 0 Å². The van der Waals surface area contributed by atoms with Crippen LogP contribution in [0.1, 0.15) is 58.1 Å². The molecule has 0 aliphatic carbocycles. The van der Waals surface area contributed by atoms with Gasteiger partial charge in [0.05, 0.1) is 6.61 Å². The topological polar surface area (TPSA) is 21.3 Å². The van der Waals surface area contributed by atoms with Crippen LogP contribution in [0.3, 0.4) is 0 Å². The number of rotatable bonds is 7. The van der Waals surface area contributed by atoms with Crippen molar-refractivity contribution in [2.45, 2.75) is 52.5 Å². The lowest BCUT2D eigenvalue weighted by atomic mass is 9.91. The van der Waals surface area contributed by atoms with E-state index in [-0.39, 0.29) is 0 Å². The monoisotopic (exact) mass is 275 g/mol. The third kappa shape index (κ3) is 3.76. The highest BCUT2D eigenvalue weighted by atomic mass is 16.5. The van der Waals surface area contributed by atoms with Gasteiger partial charge in [-0.3, -0.25) is 0 Å². The largest absolute Gasteiger partial charge is 0.493 e. The molecular weight excluding hydrogens is 246 g/mol. The number of unbranched alkanes of at least 4 members (excludes halogenated alkanes) is 1. The average Bonchev–Trinajstić information content (AvgIpc) is 2.49. The maximum absolute atomic E-state index is 5.82. The number of nitrogens with one attached hydrogen (secondary N) is 1. The summed E-state index contributed by atoms with van der Waals surface area (Å²) in [5.41, 5.74) is 1.33. The highest BCUT2D eigenvalue weighted by Gasteiger charge is 2.27.